The van der Waals surface area contributed by atoms with Gasteiger partial charge >= 0.3 is 12.0 Å². The van der Waals surface area contributed by atoms with Crippen LogP contribution in [-0.2, 0) is 4.79 Å². The molecule has 2 amide bonds. The molecule has 0 aliphatic carbocycles. The smallest absolute Gasteiger partial charge is 0.317 e. The second-order valence-corrected chi connectivity index (χ2v) is 4.41. The zero-order chi connectivity index (χ0) is 14.0. The van der Waals surface area contributed by atoms with Crippen LogP contribution in [0.5, 0.6) is 0 Å². The monoisotopic (exact) mass is 259 g/mol. The Hall–Kier alpha value is -1.30. The van der Waals surface area contributed by atoms with Crippen molar-refractivity contribution in [1.82, 2.24) is 15.5 Å². The number of nitrogens with one attached hydrogen (secondary N) is 2. The molecule has 3 N–H and O–H groups in total. The molecule has 1 unspecified atom stereocenters. The Bertz CT molecular complexity index is 259. The summed E-state index contributed by atoms with van der Waals surface area (Å²) in [6.45, 7) is 3.47. The van der Waals surface area contributed by atoms with E-state index in [2.05, 4.69) is 10.6 Å². The van der Waals surface area contributed by atoms with Crippen LogP contribution in [0.25, 0.3) is 0 Å². The van der Waals surface area contributed by atoms with E-state index < -0.39 is 5.97 Å². The summed E-state index contributed by atoms with van der Waals surface area (Å²) >= 11 is 0. The zero-order valence-corrected chi connectivity index (χ0v) is 11.5. The minimum Gasteiger partial charge on any atom is -0.481 e. The van der Waals surface area contributed by atoms with Gasteiger partial charge in [-0.2, -0.15) is 0 Å². The van der Waals surface area contributed by atoms with Crippen LogP contribution in [0.3, 0.4) is 0 Å². The van der Waals surface area contributed by atoms with Crippen LogP contribution in [0.15, 0.2) is 0 Å². The molecule has 0 heterocycles. The van der Waals surface area contributed by atoms with E-state index in [0.29, 0.717) is 13.0 Å². The second-order valence-electron chi connectivity index (χ2n) is 4.41. The molecule has 0 aromatic carbocycles. The molecule has 1 atom stereocenters. The van der Waals surface area contributed by atoms with Gasteiger partial charge in [0.05, 0.1) is 6.42 Å². The predicted molar refractivity (Wildman–Crippen MR) is 70.7 cm³/mol. The second kappa shape index (κ2) is 9.70. The Morgan fingerprint density at radius 1 is 1.39 bits per heavy atom. The molecule has 0 rings (SSSR count). The highest BCUT2D eigenvalue weighted by Gasteiger charge is 2.17. The van der Waals surface area contributed by atoms with Crippen molar-refractivity contribution in [2.75, 3.05) is 27.2 Å². The summed E-state index contributed by atoms with van der Waals surface area (Å²) in [5.74, 6) is -0.883. The summed E-state index contributed by atoms with van der Waals surface area (Å²) in [6, 6.07) is -0.488. The first-order chi connectivity index (χ1) is 8.51. The number of amides is 2. The number of aliphatic carboxylic acids is 1. The molecule has 0 aromatic heterocycles. The van der Waals surface area contributed by atoms with E-state index in [9.17, 15) is 9.59 Å². The van der Waals surface area contributed by atoms with Crippen molar-refractivity contribution in [2.45, 2.75) is 38.6 Å². The highest BCUT2D eigenvalue weighted by molar-refractivity contribution is 5.75. The first kappa shape index (κ1) is 16.7. The lowest BCUT2D eigenvalue weighted by atomic mass is 10.1. The van der Waals surface area contributed by atoms with Crippen LogP contribution in [-0.4, -0.2) is 55.2 Å². The summed E-state index contributed by atoms with van der Waals surface area (Å²) in [5, 5.41) is 14.5. The molecule has 0 radical (unpaired) electrons. The van der Waals surface area contributed by atoms with E-state index >= 15 is 0 Å². The molecule has 6 nitrogen and oxygen atoms in total. The largest absolute Gasteiger partial charge is 0.481 e. The van der Waals surface area contributed by atoms with Crippen LogP contribution < -0.4 is 10.6 Å². The molecule has 0 saturated heterocycles. The van der Waals surface area contributed by atoms with Gasteiger partial charge in [0.15, 0.2) is 0 Å². The van der Waals surface area contributed by atoms with Crippen molar-refractivity contribution < 1.29 is 14.7 Å². The summed E-state index contributed by atoms with van der Waals surface area (Å²) < 4.78 is 0. The molecule has 0 aliphatic heterocycles. The fourth-order valence-electron chi connectivity index (χ4n) is 1.66. The maximum Gasteiger partial charge on any atom is 0.317 e. The molecule has 0 bridgehead atoms. The minimum absolute atomic E-state index is 0.0239. The van der Waals surface area contributed by atoms with Gasteiger partial charge in [-0.25, -0.2) is 4.79 Å². The van der Waals surface area contributed by atoms with Gasteiger partial charge in [0, 0.05) is 19.6 Å². The summed E-state index contributed by atoms with van der Waals surface area (Å²) in [5.41, 5.74) is 0. The lowest BCUT2D eigenvalue weighted by Gasteiger charge is -2.22. The molecule has 0 fully saturated rings. The normalized spacial score (nSPS) is 11.9. The molecule has 0 aliphatic rings. The SMILES string of the molecule is CCCC(CC(=O)O)NC(=O)N(C)CCCNC. The van der Waals surface area contributed by atoms with Crippen LogP contribution in [0.4, 0.5) is 4.79 Å². The average Bonchev–Trinajstić information content (AvgIpc) is 2.28. The van der Waals surface area contributed by atoms with Crippen LogP contribution in [0.1, 0.15) is 32.6 Å². The van der Waals surface area contributed by atoms with Gasteiger partial charge in [-0.1, -0.05) is 13.3 Å². The van der Waals surface area contributed by atoms with E-state index in [0.717, 1.165) is 19.4 Å². The highest BCUT2D eigenvalue weighted by atomic mass is 16.4. The Morgan fingerprint density at radius 2 is 2.06 bits per heavy atom. The van der Waals surface area contributed by atoms with E-state index in [1.807, 2.05) is 14.0 Å². The van der Waals surface area contributed by atoms with Crippen molar-refractivity contribution in [3.05, 3.63) is 0 Å². The number of hydrogen-bond acceptors (Lipinski definition) is 3. The van der Waals surface area contributed by atoms with Gasteiger partial charge in [-0.15, -0.1) is 0 Å². The van der Waals surface area contributed by atoms with Gasteiger partial charge < -0.3 is 20.6 Å². The number of rotatable bonds is 9. The number of nitrogens with zero attached hydrogens (tertiary/aromatic N) is 1. The summed E-state index contributed by atoms with van der Waals surface area (Å²) in [7, 11) is 3.58. The zero-order valence-electron chi connectivity index (χ0n) is 11.5. The Kier molecular flexibility index (Phi) is 9.00. The first-order valence-electron chi connectivity index (χ1n) is 6.39. The van der Waals surface area contributed by atoms with Crippen LogP contribution in [0, 0.1) is 0 Å². The molecule has 106 valence electrons. The lowest BCUT2D eigenvalue weighted by molar-refractivity contribution is -0.137. The third-order valence-corrected chi connectivity index (χ3v) is 2.65. The van der Waals surface area contributed by atoms with Gasteiger partial charge in [0.2, 0.25) is 0 Å². The number of carboxylic acid groups (broad SMARTS) is 1. The molecule has 0 saturated carbocycles. The Labute approximate surface area is 109 Å². The van der Waals surface area contributed by atoms with E-state index in [4.69, 9.17) is 5.11 Å². The number of hydrogen-bond donors (Lipinski definition) is 3. The van der Waals surface area contributed by atoms with E-state index in [-0.39, 0.29) is 18.5 Å². The lowest BCUT2D eigenvalue weighted by Crippen LogP contribution is -2.44. The fraction of sp³-hybridized carbons (Fsp3) is 0.833. The third-order valence-electron chi connectivity index (χ3n) is 2.65. The number of urea groups is 1. The van der Waals surface area contributed by atoms with Crippen molar-refractivity contribution in [1.29, 1.82) is 0 Å². The Morgan fingerprint density at radius 3 is 2.56 bits per heavy atom. The van der Waals surface area contributed by atoms with E-state index in [1.54, 1.807) is 11.9 Å². The number of carboxylic acids is 1. The molecule has 18 heavy (non-hydrogen) atoms. The molecule has 0 spiro atoms. The first-order valence-corrected chi connectivity index (χ1v) is 6.39. The predicted octanol–water partition coefficient (Wildman–Crippen LogP) is 0.881. The minimum atomic E-state index is -0.883. The molecular weight excluding hydrogens is 234 g/mol. The van der Waals surface area contributed by atoms with Crippen LogP contribution in [0.2, 0.25) is 0 Å². The standard InChI is InChI=1S/C12H25N3O3/c1-4-6-10(9-11(16)17)14-12(18)15(3)8-5-7-13-2/h10,13H,4-9H2,1-3H3,(H,14,18)(H,16,17). The summed E-state index contributed by atoms with van der Waals surface area (Å²) in [4.78, 5) is 24.1. The highest BCUT2D eigenvalue weighted by Crippen LogP contribution is 2.03. The maximum absolute atomic E-state index is 11.8. The quantitative estimate of drug-likeness (QED) is 0.537. The number of carbonyl (C=O) groups excluding carboxylic acids is 1. The van der Waals surface area contributed by atoms with Crippen molar-refractivity contribution in [3.8, 4) is 0 Å². The van der Waals surface area contributed by atoms with Gasteiger partial charge in [-0.05, 0) is 26.4 Å². The van der Waals surface area contributed by atoms with Gasteiger partial charge in [-0.3, -0.25) is 4.79 Å². The van der Waals surface area contributed by atoms with Crippen LogP contribution >= 0.6 is 0 Å². The Balaban J connectivity index is 4.09. The van der Waals surface area contributed by atoms with Gasteiger partial charge in [0.1, 0.15) is 0 Å². The number of carbonyl (C=O) groups is 2. The fourth-order valence-corrected chi connectivity index (χ4v) is 1.66. The molecule has 0 aromatic rings. The molecule has 6 heteroatoms. The van der Waals surface area contributed by atoms with E-state index in [1.165, 1.54) is 0 Å². The van der Waals surface area contributed by atoms with Gasteiger partial charge in [0.25, 0.3) is 0 Å². The average molecular weight is 259 g/mol. The summed E-state index contributed by atoms with van der Waals surface area (Å²) in [6.07, 6.45) is 2.38. The van der Waals surface area contributed by atoms with Crippen molar-refractivity contribution in [2.24, 2.45) is 0 Å². The topological polar surface area (TPSA) is 81.7 Å². The van der Waals surface area contributed by atoms with Crippen molar-refractivity contribution in [3.63, 3.8) is 0 Å². The van der Waals surface area contributed by atoms with Crippen molar-refractivity contribution >= 4 is 12.0 Å². The maximum atomic E-state index is 11.8. The molecular formula is C12H25N3O3. The third kappa shape index (κ3) is 7.89.